The molecule has 0 bridgehead atoms. The maximum absolute atomic E-state index is 9.22. The summed E-state index contributed by atoms with van der Waals surface area (Å²) in [5, 5.41) is 17.4. The molecule has 4 N–H and O–H groups in total. The van der Waals surface area contributed by atoms with E-state index in [1.165, 1.54) is 0 Å². The first-order chi connectivity index (χ1) is 13.5. The number of aryl methyl sites for hydroxylation is 1. The summed E-state index contributed by atoms with van der Waals surface area (Å²) in [4.78, 5) is 6.78. The normalized spacial score (nSPS) is 15.4. The highest BCUT2D eigenvalue weighted by Crippen LogP contribution is 2.26. The highest BCUT2D eigenvalue weighted by atomic mass is 16.5. The van der Waals surface area contributed by atoms with Gasteiger partial charge in [-0.05, 0) is 50.1 Å². The molecule has 1 aromatic carbocycles. The van der Waals surface area contributed by atoms with Crippen molar-refractivity contribution in [2.24, 2.45) is 10.7 Å². The van der Waals surface area contributed by atoms with E-state index in [1.807, 2.05) is 19.1 Å². The summed E-state index contributed by atoms with van der Waals surface area (Å²) in [6.07, 6.45) is 6.57. The second kappa shape index (κ2) is 10.7. The van der Waals surface area contributed by atoms with Crippen LogP contribution >= 0.6 is 0 Å². The summed E-state index contributed by atoms with van der Waals surface area (Å²) in [5.41, 5.74) is 10.2. The topological polar surface area (TPSA) is 94.9 Å². The number of nitrogens with two attached hydrogens (primary N) is 1. The average molecular weight is 385 g/mol. The third kappa shape index (κ3) is 5.70. The van der Waals surface area contributed by atoms with Crippen molar-refractivity contribution >= 4 is 22.8 Å². The van der Waals surface area contributed by atoms with E-state index in [2.05, 4.69) is 29.8 Å². The second-order valence-electron chi connectivity index (χ2n) is 6.85. The number of hydrogen-bond acceptors (Lipinski definition) is 6. The molecule has 0 fully saturated rings. The first-order valence-corrected chi connectivity index (χ1v) is 9.96. The number of nitrogens with zero attached hydrogens (tertiary/aromatic N) is 2. The predicted molar refractivity (Wildman–Crippen MR) is 117 cm³/mol. The molecule has 0 atom stereocenters. The lowest BCUT2D eigenvalue weighted by molar-refractivity contribution is 0.213. The molecule has 0 radical (unpaired) electrons. The number of unbranched alkanes of at least 4 members (excludes halogenated alkanes) is 2. The Kier molecular flexibility index (Phi) is 8.26. The summed E-state index contributed by atoms with van der Waals surface area (Å²) in [5.74, 6) is 0.584. The van der Waals surface area contributed by atoms with Gasteiger partial charge in [0.25, 0.3) is 0 Å². The van der Waals surface area contributed by atoms with Crippen molar-refractivity contribution in [1.29, 1.82) is 5.41 Å². The minimum Gasteiger partial charge on any atom is -0.491 e. The molecule has 6 nitrogen and oxygen atoms in total. The number of anilines is 1. The third-order valence-electron chi connectivity index (χ3n) is 4.67. The van der Waals surface area contributed by atoms with Gasteiger partial charge in [-0.15, -0.1) is 0 Å². The molecule has 0 spiro atoms. The van der Waals surface area contributed by atoms with Crippen molar-refractivity contribution in [3.63, 3.8) is 0 Å². The first-order valence-electron chi connectivity index (χ1n) is 9.96. The summed E-state index contributed by atoms with van der Waals surface area (Å²) in [6.45, 7) is 8.36. The van der Waals surface area contributed by atoms with Crippen LogP contribution in [0.15, 0.2) is 46.8 Å². The van der Waals surface area contributed by atoms with Gasteiger partial charge < -0.3 is 20.5 Å². The molecular formula is C22H32N4O2. The van der Waals surface area contributed by atoms with Crippen molar-refractivity contribution in [3.05, 3.63) is 47.4 Å². The van der Waals surface area contributed by atoms with E-state index in [1.54, 1.807) is 12.2 Å². The van der Waals surface area contributed by atoms with E-state index in [-0.39, 0.29) is 12.3 Å². The zero-order valence-electron chi connectivity index (χ0n) is 17.2. The van der Waals surface area contributed by atoms with E-state index >= 15 is 0 Å². The number of rotatable bonds is 10. The predicted octanol–water partition coefficient (Wildman–Crippen LogP) is 3.85. The van der Waals surface area contributed by atoms with Crippen LogP contribution in [0.4, 0.5) is 11.4 Å². The molecule has 6 heteroatoms. The standard InChI is InChI=1S/C22H32N4O2/c1-4-6-7-12-28-22-15-21(18(23)14-19(22)24)25-20-9-8-17(13-16(20)3)26(5-2)10-11-27/h8-9,13-15,23,27H,4-7,10-12,24H2,1-3H3. The quantitative estimate of drug-likeness (QED) is 0.422. The van der Waals surface area contributed by atoms with Gasteiger partial charge in [-0.25, -0.2) is 4.99 Å². The Morgan fingerprint density at radius 2 is 2.00 bits per heavy atom. The van der Waals surface area contributed by atoms with Crippen molar-refractivity contribution in [3.8, 4) is 0 Å². The Balaban J connectivity index is 2.22. The van der Waals surface area contributed by atoms with E-state index < -0.39 is 0 Å². The zero-order chi connectivity index (χ0) is 20.5. The van der Waals surface area contributed by atoms with Crippen molar-refractivity contribution in [1.82, 2.24) is 0 Å². The van der Waals surface area contributed by atoms with Gasteiger partial charge in [0.05, 0.1) is 36.0 Å². The van der Waals surface area contributed by atoms with Crippen LogP contribution in [0.1, 0.15) is 38.7 Å². The molecule has 0 aliphatic heterocycles. The van der Waals surface area contributed by atoms with Crippen molar-refractivity contribution < 1.29 is 9.84 Å². The lowest BCUT2D eigenvalue weighted by atomic mass is 10.1. The van der Waals surface area contributed by atoms with Crippen LogP contribution in [-0.4, -0.2) is 42.8 Å². The summed E-state index contributed by atoms with van der Waals surface area (Å²) < 4.78 is 5.80. The lowest BCUT2D eigenvalue weighted by Crippen LogP contribution is -2.26. The average Bonchev–Trinajstić information content (AvgIpc) is 2.67. The van der Waals surface area contributed by atoms with Crippen LogP contribution < -0.4 is 10.6 Å². The Morgan fingerprint density at radius 1 is 1.21 bits per heavy atom. The van der Waals surface area contributed by atoms with Crippen LogP contribution in [0, 0.1) is 12.3 Å². The molecule has 2 rings (SSSR count). The summed E-state index contributed by atoms with van der Waals surface area (Å²) in [6, 6.07) is 6.00. The first kappa shape index (κ1) is 21.7. The Labute approximate surface area is 167 Å². The molecule has 0 unspecified atom stereocenters. The van der Waals surface area contributed by atoms with Crippen LogP contribution in [0.25, 0.3) is 0 Å². The fourth-order valence-electron chi connectivity index (χ4n) is 3.02. The number of benzene rings is 1. The summed E-state index contributed by atoms with van der Waals surface area (Å²) >= 11 is 0. The number of aliphatic hydroxyl groups excluding tert-OH is 1. The minimum atomic E-state index is 0.119. The second-order valence-corrected chi connectivity index (χ2v) is 6.85. The van der Waals surface area contributed by atoms with Crippen LogP contribution in [0.5, 0.6) is 0 Å². The number of allylic oxidation sites excluding steroid dienone is 2. The van der Waals surface area contributed by atoms with E-state index in [0.29, 0.717) is 30.3 Å². The Bertz CT molecular complexity index is 781. The van der Waals surface area contributed by atoms with E-state index in [9.17, 15) is 5.11 Å². The Hall–Kier alpha value is -2.60. The molecule has 0 saturated heterocycles. The van der Waals surface area contributed by atoms with Gasteiger partial charge in [-0.1, -0.05) is 19.8 Å². The van der Waals surface area contributed by atoms with Gasteiger partial charge in [0.1, 0.15) is 5.76 Å². The smallest absolute Gasteiger partial charge is 0.144 e. The highest BCUT2D eigenvalue weighted by molar-refractivity contribution is 6.50. The number of aliphatic hydroxyl groups is 1. The van der Waals surface area contributed by atoms with Gasteiger partial charge >= 0.3 is 0 Å². The molecule has 1 aliphatic rings. The number of likely N-dealkylation sites (N-methyl/N-ethyl adjacent to an activating group) is 1. The van der Waals surface area contributed by atoms with Gasteiger partial charge in [0, 0.05) is 24.9 Å². The van der Waals surface area contributed by atoms with Crippen molar-refractivity contribution in [2.75, 3.05) is 31.2 Å². The Morgan fingerprint density at radius 3 is 2.64 bits per heavy atom. The SMILES string of the molecule is CCCCCOC1=CC(=Nc2ccc(N(CC)CCO)cc2C)C(=N)C=C1N. The molecule has 0 saturated carbocycles. The lowest BCUT2D eigenvalue weighted by Gasteiger charge is -2.22. The summed E-state index contributed by atoms with van der Waals surface area (Å²) in [7, 11) is 0. The van der Waals surface area contributed by atoms with Gasteiger partial charge in [0.15, 0.2) is 0 Å². The highest BCUT2D eigenvalue weighted by Gasteiger charge is 2.16. The van der Waals surface area contributed by atoms with Crippen molar-refractivity contribution in [2.45, 2.75) is 40.0 Å². The van der Waals surface area contributed by atoms with E-state index in [0.717, 1.165) is 42.7 Å². The zero-order valence-corrected chi connectivity index (χ0v) is 17.2. The number of aliphatic imine (C=N–C) groups is 1. The maximum Gasteiger partial charge on any atom is 0.144 e. The van der Waals surface area contributed by atoms with Crippen LogP contribution in [0.3, 0.4) is 0 Å². The maximum atomic E-state index is 9.22. The molecule has 0 aromatic heterocycles. The van der Waals surface area contributed by atoms with Crippen LogP contribution in [0.2, 0.25) is 0 Å². The molecule has 0 amide bonds. The fraction of sp³-hybridized carbons (Fsp3) is 0.455. The molecular weight excluding hydrogens is 352 g/mol. The number of hydrogen-bond donors (Lipinski definition) is 3. The third-order valence-corrected chi connectivity index (χ3v) is 4.67. The van der Waals surface area contributed by atoms with Gasteiger partial charge in [-0.2, -0.15) is 0 Å². The number of ether oxygens (including phenoxy) is 1. The van der Waals surface area contributed by atoms with Gasteiger partial charge in [0.2, 0.25) is 0 Å². The fourth-order valence-corrected chi connectivity index (χ4v) is 3.02. The van der Waals surface area contributed by atoms with E-state index in [4.69, 9.17) is 15.9 Å². The molecule has 152 valence electrons. The molecule has 1 aliphatic carbocycles. The largest absolute Gasteiger partial charge is 0.491 e. The number of nitrogens with one attached hydrogen (secondary N) is 1. The van der Waals surface area contributed by atoms with Crippen LogP contribution in [-0.2, 0) is 4.74 Å². The molecule has 0 heterocycles. The monoisotopic (exact) mass is 384 g/mol. The van der Waals surface area contributed by atoms with Gasteiger partial charge in [-0.3, -0.25) is 5.41 Å². The minimum absolute atomic E-state index is 0.119. The molecule has 28 heavy (non-hydrogen) atoms. The molecule has 1 aromatic rings.